The summed E-state index contributed by atoms with van der Waals surface area (Å²) in [6.45, 7) is 9.98. The molecule has 1 fully saturated rings. The number of allylic oxidation sites excluding steroid dienone is 4. The highest BCUT2D eigenvalue weighted by Crippen LogP contribution is 2.18. The second kappa shape index (κ2) is 13.8. The van der Waals surface area contributed by atoms with Gasteiger partial charge in [-0.1, -0.05) is 50.1 Å². The minimum absolute atomic E-state index is 0.110. The minimum atomic E-state index is 0.110. The van der Waals surface area contributed by atoms with Gasteiger partial charge < -0.3 is 16.8 Å². The molecule has 1 rings (SSSR count). The van der Waals surface area contributed by atoms with Crippen LogP contribution in [-0.4, -0.2) is 24.9 Å². The third-order valence-corrected chi connectivity index (χ3v) is 4.12. The van der Waals surface area contributed by atoms with E-state index in [-0.39, 0.29) is 5.78 Å². The fourth-order valence-corrected chi connectivity index (χ4v) is 2.58. The number of carbonyl (C=O) groups is 1. The van der Waals surface area contributed by atoms with Crippen LogP contribution in [0.5, 0.6) is 0 Å². The Morgan fingerprint density at radius 3 is 2.21 bits per heavy atom. The highest BCUT2D eigenvalue weighted by molar-refractivity contribution is 5.93. The van der Waals surface area contributed by atoms with Gasteiger partial charge >= 0.3 is 0 Å². The molecule has 4 heteroatoms. The summed E-state index contributed by atoms with van der Waals surface area (Å²) < 4.78 is 0. The molecule has 4 nitrogen and oxygen atoms in total. The maximum Gasteiger partial charge on any atom is 0.157 e. The summed E-state index contributed by atoms with van der Waals surface area (Å²) in [7, 11) is 0. The number of hydrogen-bond acceptors (Lipinski definition) is 4. The maximum absolute atomic E-state index is 11.2. The van der Waals surface area contributed by atoms with Crippen LogP contribution in [0.15, 0.2) is 47.7 Å². The van der Waals surface area contributed by atoms with Crippen molar-refractivity contribution < 1.29 is 4.79 Å². The van der Waals surface area contributed by atoms with Gasteiger partial charge in [0.25, 0.3) is 0 Å². The number of rotatable bonds is 7. The molecule has 0 heterocycles. The van der Waals surface area contributed by atoms with E-state index in [0.29, 0.717) is 19.1 Å². The normalized spacial score (nSPS) is 17.0. The Morgan fingerprint density at radius 1 is 1.17 bits per heavy atom. The molecule has 24 heavy (non-hydrogen) atoms. The number of nitrogens with one attached hydrogen (secondary N) is 1. The first kappa shape index (κ1) is 22.4. The van der Waals surface area contributed by atoms with Crippen molar-refractivity contribution in [2.24, 2.45) is 11.5 Å². The number of Topliss-reactive ketones (excluding diaryl/α,β-unsaturated/α-hetero) is 1. The monoisotopic (exact) mass is 333 g/mol. The lowest BCUT2D eigenvalue weighted by molar-refractivity contribution is -0.113. The highest BCUT2D eigenvalue weighted by atomic mass is 16.1. The van der Waals surface area contributed by atoms with Gasteiger partial charge in [-0.3, -0.25) is 4.79 Å². The van der Waals surface area contributed by atoms with Crippen molar-refractivity contribution >= 4 is 5.78 Å². The van der Waals surface area contributed by atoms with Crippen LogP contribution in [0.2, 0.25) is 0 Å². The molecule has 0 amide bonds. The Bertz CT molecular complexity index is 469. The van der Waals surface area contributed by atoms with Crippen molar-refractivity contribution in [1.29, 1.82) is 0 Å². The van der Waals surface area contributed by atoms with Gasteiger partial charge in [0.15, 0.2) is 5.78 Å². The lowest BCUT2D eigenvalue weighted by Crippen LogP contribution is -2.34. The van der Waals surface area contributed by atoms with Gasteiger partial charge in [0, 0.05) is 30.4 Å². The van der Waals surface area contributed by atoms with Crippen molar-refractivity contribution in [3.63, 3.8) is 0 Å². The first-order chi connectivity index (χ1) is 11.5. The van der Waals surface area contributed by atoms with Crippen molar-refractivity contribution in [2.75, 3.05) is 13.1 Å². The van der Waals surface area contributed by atoms with Crippen LogP contribution in [0.3, 0.4) is 0 Å². The molecular weight excluding hydrogens is 298 g/mol. The summed E-state index contributed by atoms with van der Waals surface area (Å²) in [4.78, 5) is 11.2. The average Bonchev–Trinajstić information content (AvgIpc) is 2.60. The third kappa shape index (κ3) is 9.48. The Hall–Kier alpha value is -1.65. The zero-order valence-corrected chi connectivity index (χ0v) is 15.6. The second-order valence-electron chi connectivity index (χ2n) is 6.02. The molecule has 5 N–H and O–H groups in total. The predicted octanol–water partition coefficient (Wildman–Crippen LogP) is 3.36. The summed E-state index contributed by atoms with van der Waals surface area (Å²) in [6, 6.07) is 0.520. The van der Waals surface area contributed by atoms with Gasteiger partial charge in [-0.2, -0.15) is 0 Å². The van der Waals surface area contributed by atoms with Gasteiger partial charge in [0.05, 0.1) is 0 Å². The van der Waals surface area contributed by atoms with Crippen LogP contribution in [0.25, 0.3) is 0 Å². The highest BCUT2D eigenvalue weighted by Gasteiger charge is 2.15. The number of nitrogens with two attached hydrogens (primary N) is 2. The van der Waals surface area contributed by atoms with Crippen molar-refractivity contribution in [2.45, 2.75) is 58.9 Å². The molecule has 0 saturated heterocycles. The van der Waals surface area contributed by atoms with E-state index in [1.807, 2.05) is 32.1 Å². The minimum Gasteiger partial charge on any atom is -0.384 e. The molecule has 0 bridgehead atoms. The van der Waals surface area contributed by atoms with Crippen LogP contribution < -0.4 is 16.8 Å². The zero-order chi connectivity index (χ0) is 18.4. The molecule has 1 aliphatic rings. The standard InChI is InChI=1S/C12H22N2O.C8H13N/c1-9(10(2)15)12(8-13)14-11-6-4-3-5-7-11;1-3-5-8(7-9)6-4-2/h11,14H,3-8,13H2,1-2H3;3-6H,1,7,9H2,2H3/b12-9+;6-4-,8-5+. The van der Waals surface area contributed by atoms with Crippen LogP contribution in [-0.2, 0) is 4.79 Å². The van der Waals surface area contributed by atoms with Crippen LogP contribution >= 0.6 is 0 Å². The number of ketones is 1. The van der Waals surface area contributed by atoms with Crippen LogP contribution in [0.4, 0.5) is 0 Å². The van der Waals surface area contributed by atoms with Crippen molar-refractivity contribution in [3.8, 4) is 0 Å². The van der Waals surface area contributed by atoms with E-state index in [1.165, 1.54) is 32.1 Å². The van der Waals surface area contributed by atoms with Crippen molar-refractivity contribution in [3.05, 3.63) is 47.7 Å². The molecule has 136 valence electrons. The van der Waals surface area contributed by atoms with Gasteiger partial charge in [-0.15, -0.1) is 0 Å². The molecule has 1 aliphatic carbocycles. The van der Waals surface area contributed by atoms with Gasteiger partial charge in [-0.25, -0.2) is 0 Å². The lowest BCUT2D eigenvalue weighted by Gasteiger charge is -2.25. The quantitative estimate of drug-likeness (QED) is 0.493. The molecule has 0 aromatic carbocycles. The second-order valence-corrected chi connectivity index (χ2v) is 6.02. The molecule has 1 saturated carbocycles. The first-order valence-electron chi connectivity index (χ1n) is 8.81. The largest absolute Gasteiger partial charge is 0.384 e. The summed E-state index contributed by atoms with van der Waals surface area (Å²) in [5.41, 5.74) is 13.8. The van der Waals surface area contributed by atoms with Crippen LogP contribution in [0, 0.1) is 0 Å². The fraction of sp³-hybridized carbons (Fsp3) is 0.550. The Balaban J connectivity index is 0.000000506. The van der Waals surface area contributed by atoms with Gasteiger partial charge in [-0.05, 0) is 39.2 Å². The molecule has 0 spiro atoms. The number of hydrogen-bond donors (Lipinski definition) is 3. The SMILES string of the molecule is C=C/C=C(\C=C/C)CN.CC(=O)/C(C)=C(\CN)NC1CCCCC1. The molecular formula is C20H35N3O. The van der Waals surface area contributed by atoms with E-state index >= 15 is 0 Å². The average molecular weight is 334 g/mol. The summed E-state index contributed by atoms with van der Waals surface area (Å²) in [6.07, 6.45) is 13.9. The fourth-order valence-electron chi connectivity index (χ4n) is 2.58. The number of carbonyl (C=O) groups excluding carboxylic acids is 1. The molecule has 0 atom stereocenters. The molecule has 0 aromatic heterocycles. The summed E-state index contributed by atoms with van der Waals surface area (Å²) >= 11 is 0. The Morgan fingerprint density at radius 2 is 1.79 bits per heavy atom. The van der Waals surface area contributed by atoms with Gasteiger partial charge in [0.1, 0.15) is 0 Å². The van der Waals surface area contributed by atoms with E-state index in [9.17, 15) is 4.79 Å². The maximum atomic E-state index is 11.2. The van der Waals surface area contributed by atoms with Crippen LogP contribution in [0.1, 0.15) is 52.9 Å². The van der Waals surface area contributed by atoms with E-state index in [0.717, 1.165) is 16.8 Å². The van der Waals surface area contributed by atoms with Crippen molar-refractivity contribution in [1.82, 2.24) is 5.32 Å². The Labute approximate surface area is 147 Å². The van der Waals surface area contributed by atoms with E-state index in [1.54, 1.807) is 13.0 Å². The molecule has 0 radical (unpaired) electrons. The molecule has 0 unspecified atom stereocenters. The Kier molecular flexibility index (Phi) is 12.8. The van der Waals surface area contributed by atoms with E-state index in [2.05, 4.69) is 11.9 Å². The van der Waals surface area contributed by atoms with E-state index < -0.39 is 0 Å². The molecule has 0 aromatic rings. The topological polar surface area (TPSA) is 81.1 Å². The third-order valence-electron chi connectivity index (χ3n) is 4.12. The first-order valence-corrected chi connectivity index (χ1v) is 8.81. The lowest BCUT2D eigenvalue weighted by atomic mass is 9.95. The summed E-state index contributed by atoms with van der Waals surface area (Å²) in [5, 5.41) is 3.42. The smallest absolute Gasteiger partial charge is 0.157 e. The zero-order valence-electron chi connectivity index (χ0n) is 15.6. The van der Waals surface area contributed by atoms with Gasteiger partial charge in [0.2, 0.25) is 0 Å². The summed E-state index contributed by atoms with van der Waals surface area (Å²) in [5.74, 6) is 0.110. The molecule has 0 aliphatic heterocycles. The van der Waals surface area contributed by atoms with E-state index in [4.69, 9.17) is 11.5 Å². The predicted molar refractivity (Wildman–Crippen MR) is 105 cm³/mol.